The maximum absolute atomic E-state index is 11.5. The summed E-state index contributed by atoms with van der Waals surface area (Å²) in [5.74, 6) is -0.382. The SMILES string of the molecule is COOCCOC(=O)CCN(CCOC=O)CCOC=O. The molecule has 0 bridgehead atoms. The maximum Gasteiger partial charge on any atom is 0.307 e. The second kappa shape index (κ2) is 14.7. The van der Waals surface area contributed by atoms with Crippen LogP contribution in [0, 0.1) is 0 Å². The maximum atomic E-state index is 11.5. The molecule has 0 amide bonds. The average molecular weight is 307 g/mol. The van der Waals surface area contributed by atoms with Gasteiger partial charge in [0.2, 0.25) is 0 Å². The van der Waals surface area contributed by atoms with Crippen LogP contribution in [0.1, 0.15) is 6.42 Å². The molecular formula is C12H21NO8. The number of rotatable bonds is 15. The minimum absolute atomic E-state index is 0.106. The fourth-order valence-corrected chi connectivity index (χ4v) is 1.39. The lowest BCUT2D eigenvalue weighted by atomic mass is 10.3. The summed E-state index contributed by atoms with van der Waals surface area (Å²) >= 11 is 0. The predicted molar refractivity (Wildman–Crippen MR) is 69.0 cm³/mol. The summed E-state index contributed by atoms with van der Waals surface area (Å²) in [6.45, 7) is 2.62. The highest BCUT2D eigenvalue weighted by atomic mass is 17.2. The summed E-state index contributed by atoms with van der Waals surface area (Å²) in [4.78, 5) is 42.3. The molecule has 0 aromatic rings. The van der Waals surface area contributed by atoms with Gasteiger partial charge in [0, 0.05) is 19.6 Å². The zero-order valence-corrected chi connectivity index (χ0v) is 12.0. The number of hydrogen-bond acceptors (Lipinski definition) is 9. The van der Waals surface area contributed by atoms with E-state index in [1.165, 1.54) is 7.11 Å². The Morgan fingerprint density at radius 3 is 2.10 bits per heavy atom. The van der Waals surface area contributed by atoms with Crippen LogP contribution in [0.3, 0.4) is 0 Å². The molecule has 0 N–H and O–H groups in total. The lowest BCUT2D eigenvalue weighted by molar-refractivity contribution is -0.276. The van der Waals surface area contributed by atoms with Crippen LogP contribution < -0.4 is 0 Å². The van der Waals surface area contributed by atoms with Crippen LogP contribution in [0.4, 0.5) is 0 Å². The molecule has 0 atom stereocenters. The second-order valence-electron chi connectivity index (χ2n) is 3.73. The third-order valence-corrected chi connectivity index (χ3v) is 2.37. The first-order chi connectivity index (χ1) is 10.2. The first kappa shape index (κ1) is 19.3. The van der Waals surface area contributed by atoms with Gasteiger partial charge in [0.05, 0.1) is 13.5 Å². The van der Waals surface area contributed by atoms with E-state index in [2.05, 4.69) is 19.2 Å². The van der Waals surface area contributed by atoms with Crippen LogP contribution in [-0.2, 0) is 38.4 Å². The fourth-order valence-electron chi connectivity index (χ4n) is 1.39. The highest BCUT2D eigenvalue weighted by molar-refractivity contribution is 5.69. The van der Waals surface area contributed by atoms with Crippen LogP contribution in [-0.4, -0.2) is 77.0 Å². The third kappa shape index (κ3) is 13.0. The molecule has 0 aliphatic rings. The molecule has 0 fully saturated rings. The van der Waals surface area contributed by atoms with E-state index >= 15 is 0 Å². The van der Waals surface area contributed by atoms with Crippen molar-refractivity contribution in [2.24, 2.45) is 0 Å². The van der Waals surface area contributed by atoms with Crippen molar-refractivity contribution in [1.29, 1.82) is 0 Å². The Kier molecular flexibility index (Phi) is 13.5. The second-order valence-corrected chi connectivity index (χ2v) is 3.73. The summed E-state index contributed by atoms with van der Waals surface area (Å²) in [6, 6.07) is 0. The zero-order valence-electron chi connectivity index (χ0n) is 12.0. The van der Waals surface area contributed by atoms with Gasteiger partial charge < -0.3 is 14.2 Å². The molecule has 0 saturated heterocycles. The number of ether oxygens (including phenoxy) is 3. The summed E-state index contributed by atoms with van der Waals surface area (Å²) in [7, 11) is 1.36. The molecule has 0 saturated carbocycles. The van der Waals surface area contributed by atoms with Gasteiger partial charge in [0.25, 0.3) is 12.9 Å². The van der Waals surface area contributed by atoms with Gasteiger partial charge in [-0.1, -0.05) is 0 Å². The molecular weight excluding hydrogens is 286 g/mol. The largest absolute Gasteiger partial charge is 0.467 e. The molecule has 0 aromatic heterocycles. The Morgan fingerprint density at radius 1 is 0.952 bits per heavy atom. The Hall–Kier alpha value is -1.71. The average Bonchev–Trinajstić information content (AvgIpc) is 2.49. The van der Waals surface area contributed by atoms with Gasteiger partial charge in [-0.15, -0.1) is 0 Å². The molecule has 122 valence electrons. The first-order valence-corrected chi connectivity index (χ1v) is 6.38. The number of esters is 1. The Bertz CT molecular complexity index is 272. The first-order valence-electron chi connectivity index (χ1n) is 6.38. The van der Waals surface area contributed by atoms with Crippen LogP contribution in [0.5, 0.6) is 0 Å². The number of carbonyl (C=O) groups excluding carboxylic acids is 3. The van der Waals surface area contributed by atoms with Crippen LogP contribution in [0.25, 0.3) is 0 Å². The van der Waals surface area contributed by atoms with E-state index in [-0.39, 0.29) is 38.8 Å². The van der Waals surface area contributed by atoms with Gasteiger partial charge in [-0.2, -0.15) is 0 Å². The van der Waals surface area contributed by atoms with E-state index in [4.69, 9.17) is 4.74 Å². The van der Waals surface area contributed by atoms with E-state index in [1.54, 1.807) is 0 Å². The summed E-state index contributed by atoms with van der Waals surface area (Å²) in [5.41, 5.74) is 0. The van der Waals surface area contributed by atoms with Crippen molar-refractivity contribution in [2.45, 2.75) is 6.42 Å². The molecule has 0 rings (SSSR count). The lowest BCUT2D eigenvalue weighted by Gasteiger charge is -2.20. The third-order valence-electron chi connectivity index (χ3n) is 2.37. The van der Waals surface area contributed by atoms with Crippen LogP contribution >= 0.6 is 0 Å². The van der Waals surface area contributed by atoms with Crippen molar-refractivity contribution >= 4 is 18.9 Å². The van der Waals surface area contributed by atoms with Crippen molar-refractivity contribution in [3.05, 3.63) is 0 Å². The molecule has 0 radical (unpaired) electrons. The Balaban J connectivity index is 3.87. The molecule has 9 heteroatoms. The summed E-state index contributed by atoms with van der Waals surface area (Å²) in [5, 5.41) is 0. The highest BCUT2D eigenvalue weighted by Crippen LogP contribution is 1.95. The van der Waals surface area contributed by atoms with E-state index in [9.17, 15) is 14.4 Å². The molecule has 0 aliphatic carbocycles. The van der Waals surface area contributed by atoms with Crippen molar-refractivity contribution in [3.63, 3.8) is 0 Å². The predicted octanol–water partition coefficient (Wildman–Crippen LogP) is -0.854. The van der Waals surface area contributed by atoms with Crippen molar-refractivity contribution in [2.75, 3.05) is 53.2 Å². The number of carbonyl (C=O) groups is 3. The van der Waals surface area contributed by atoms with Crippen molar-refractivity contribution < 1.29 is 38.4 Å². The quantitative estimate of drug-likeness (QED) is 0.0955. The highest BCUT2D eigenvalue weighted by Gasteiger charge is 2.09. The number of hydrogen-bond donors (Lipinski definition) is 0. The monoisotopic (exact) mass is 307 g/mol. The molecule has 0 heterocycles. The fraction of sp³-hybridized carbons (Fsp3) is 0.750. The molecule has 0 aromatic carbocycles. The van der Waals surface area contributed by atoms with E-state index in [1.807, 2.05) is 4.90 Å². The topological polar surface area (TPSA) is 101 Å². The van der Waals surface area contributed by atoms with Gasteiger partial charge in [-0.25, -0.2) is 9.78 Å². The molecule has 0 unspecified atom stereocenters. The summed E-state index contributed by atoms with van der Waals surface area (Å²) in [6.07, 6.45) is 0.162. The number of nitrogens with zero attached hydrogens (tertiary/aromatic N) is 1. The van der Waals surface area contributed by atoms with Gasteiger partial charge >= 0.3 is 5.97 Å². The van der Waals surface area contributed by atoms with E-state index < -0.39 is 0 Å². The lowest BCUT2D eigenvalue weighted by Crippen LogP contribution is -2.33. The molecule has 0 spiro atoms. The van der Waals surface area contributed by atoms with Gasteiger partial charge in [0.1, 0.15) is 26.4 Å². The van der Waals surface area contributed by atoms with Gasteiger partial charge in [-0.05, 0) is 0 Å². The Morgan fingerprint density at radius 2 is 1.57 bits per heavy atom. The van der Waals surface area contributed by atoms with Crippen molar-refractivity contribution in [3.8, 4) is 0 Å². The smallest absolute Gasteiger partial charge is 0.307 e. The molecule has 0 aliphatic heterocycles. The van der Waals surface area contributed by atoms with E-state index in [0.717, 1.165) is 0 Å². The van der Waals surface area contributed by atoms with Crippen LogP contribution in [0.2, 0.25) is 0 Å². The van der Waals surface area contributed by atoms with E-state index in [0.29, 0.717) is 32.6 Å². The Labute approximate surface area is 122 Å². The normalized spacial score (nSPS) is 10.2. The standard InChI is InChI=1S/C12H21NO8/c1-17-21-9-8-20-12(16)2-3-13(4-6-18-10-14)5-7-19-11-15/h10-11H,2-9H2,1H3. The summed E-state index contributed by atoms with van der Waals surface area (Å²) < 4.78 is 14.1. The van der Waals surface area contributed by atoms with Gasteiger partial charge in [0.15, 0.2) is 0 Å². The minimum atomic E-state index is -0.382. The van der Waals surface area contributed by atoms with Gasteiger partial charge in [-0.3, -0.25) is 19.3 Å². The minimum Gasteiger partial charge on any atom is -0.467 e. The molecule has 9 nitrogen and oxygen atoms in total. The van der Waals surface area contributed by atoms with Crippen LogP contribution in [0.15, 0.2) is 0 Å². The molecule has 21 heavy (non-hydrogen) atoms. The van der Waals surface area contributed by atoms with Crippen molar-refractivity contribution in [1.82, 2.24) is 4.90 Å². The zero-order chi connectivity index (χ0) is 15.8.